The zero-order valence-electron chi connectivity index (χ0n) is 12.2. The molecule has 18 heavy (non-hydrogen) atoms. The zero-order valence-corrected chi connectivity index (χ0v) is 12.2. The number of nitrogens with zero attached hydrogens (tertiary/aromatic N) is 1. The Kier molecular flexibility index (Phi) is 5.05. The summed E-state index contributed by atoms with van der Waals surface area (Å²) < 4.78 is 5.78. The molecule has 0 aromatic rings. The SMILES string of the molecule is CCC1CCN(C2(CN)CCCCC2OC)CC1. The number of piperidine rings is 1. The summed E-state index contributed by atoms with van der Waals surface area (Å²) in [5, 5.41) is 0. The van der Waals surface area contributed by atoms with Gasteiger partial charge in [0.15, 0.2) is 0 Å². The van der Waals surface area contributed by atoms with Gasteiger partial charge >= 0.3 is 0 Å². The number of ether oxygens (including phenoxy) is 1. The fourth-order valence-electron chi connectivity index (χ4n) is 4.04. The van der Waals surface area contributed by atoms with Crippen LogP contribution in [0.15, 0.2) is 0 Å². The Balaban J connectivity index is 2.06. The normalized spacial score (nSPS) is 35.8. The molecule has 2 rings (SSSR count). The van der Waals surface area contributed by atoms with Crippen LogP contribution in [0, 0.1) is 5.92 Å². The molecule has 0 aromatic carbocycles. The molecule has 2 unspecified atom stereocenters. The number of rotatable bonds is 4. The van der Waals surface area contributed by atoms with Gasteiger partial charge in [-0.15, -0.1) is 0 Å². The van der Waals surface area contributed by atoms with Gasteiger partial charge in [0, 0.05) is 13.7 Å². The Morgan fingerprint density at radius 1 is 1.22 bits per heavy atom. The fraction of sp³-hybridized carbons (Fsp3) is 1.00. The first-order chi connectivity index (χ1) is 8.76. The van der Waals surface area contributed by atoms with Crippen molar-refractivity contribution < 1.29 is 4.74 Å². The van der Waals surface area contributed by atoms with E-state index in [1.807, 2.05) is 7.11 Å². The monoisotopic (exact) mass is 254 g/mol. The van der Waals surface area contributed by atoms with Gasteiger partial charge in [-0.3, -0.25) is 4.90 Å². The van der Waals surface area contributed by atoms with E-state index >= 15 is 0 Å². The maximum absolute atomic E-state index is 6.18. The third-order valence-corrected chi connectivity index (χ3v) is 5.39. The molecule has 0 amide bonds. The first-order valence-electron chi connectivity index (χ1n) is 7.74. The summed E-state index contributed by atoms with van der Waals surface area (Å²) in [6, 6.07) is 0. The largest absolute Gasteiger partial charge is 0.379 e. The first-order valence-corrected chi connectivity index (χ1v) is 7.74. The molecular formula is C15H30N2O. The van der Waals surface area contributed by atoms with Gasteiger partial charge in [-0.05, 0) is 44.7 Å². The molecule has 0 bridgehead atoms. The minimum absolute atomic E-state index is 0.131. The molecule has 1 saturated carbocycles. The summed E-state index contributed by atoms with van der Waals surface area (Å²) in [5.41, 5.74) is 6.31. The number of methoxy groups -OCH3 is 1. The van der Waals surface area contributed by atoms with Crippen molar-refractivity contribution in [2.24, 2.45) is 11.7 Å². The van der Waals surface area contributed by atoms with E-state index < -0.39 is 0 Å². The van der Waals surface area contributed by atoms with Gasteiger partial charge < -0.3 is 10.5 Å². The van der Waals surface area contributed by atoms with Crippen LogP contribution >= 0.6 is 0 Å². The molecule has 1 heterocycles. The fourth-order valence-corrected chi connectivity index (χ4v) is 4.04. The molecule has 2 atom stereocenters. The van der Waals surface area contributed by atoms with Gasteiger partial charge in [0.2, 0.25) is 0 Å². The average Bonchev–Trinajstić information content (AvgIpc) is 2.47. The van der Waals surface area contributed by atoms with Crippen LogP contribution < -0.4 is 5.73 Å². The van der Waals surface area contributed by atoms with Crippen molar-refractivity contribution in [2.75, 3.05) is 26.7 Å². The van der Waals surface area contributed by atoms with Crippen molar-refractivity contribution in [3.05, 3.63) is 0 Å². The molecule has 2 aliphatic rings. The van der Waals surface area contributed by atoms with E-state index in [1.54, 1.807) is 0 Å². The van der Waals surface area contributed by atoms with E-state index in [0.717, 1.165) is 12.5 Å². The molecule has 0 spiro atoms. The minimum atomic E-state index is 0.131. The highest BCUT2D eigenvalue weighted by molar-refractivity contribution is 5.02. The molecule has 2 N–H and O–H groups in total. The predicted molar refractivity (Wildman–Crippen MR) is 75.6 cm³/mol. The van der Waals surface area contributed by atoms with Crippen LogP contribution in [0.3, 0.4) is 0 Å². The van der Waals surface area contributed by atoms with E-state index in [9.17, 15) is 0 Å². The number of nitrogens with two attached hydrogens (primary N) is 1. The minimum Gasteiger partial charge on any atom is -0.379 e. The number of hydrogen-bond donors (Lipinski definition) is 1. The second kappa shape index (κ2) is 6.36. The van der Waals surface area contributed by atoms with E-state index in [0.29, 0.717) is 6.10 Å². The number of hydrogen-bond acceptors (Lipinski definition) is 3. The van der Waals surface area contributed by atoms with Gasteiger partial charge in [-0.2, -0.15) is 0 Å². The van der Waals surface area contributed by atoms with Gasteiger partial charge in [0.1, 0.15) is 0 Å². The van der Waals surface area contributed by atoms with Gasteiger partial charge in [0.25, 0.3) is 0 Å². The third-order valence-electron chi connectivity index (χ3n) is 5.39. The zero-order chi connectivity index (χ0) is 13.0. The van der Waals surface area contributed by atoms with E-state index in [4.69, 9.17) is 10.5 Å². The Hall–Kier alpha value is -0.120. The summed E-state index contributed by atoms with van der Waals surface area (Å²) in [6.07, 6.45) is 9.37. The molecule has 3 nitrogen and oxygen atoms in total. The Morgan fingerprint density at radius 2 is 1.94 bits per heavy atom. The maximum atomic E-state index is 6.18. The molecule has 0 radical (unpaired) electrons. The van der Waals surface area contributed by atoms with Gasteiger partial charge in [0.05, 0.1) is 11.6 Å². The lowest BCUT2D eigenvalue weighted by atomic mass is 9.76. The summed E-state index contributed by atoms with van der Waals surface area (Å²) in [6.45, 7) is 5.50. The summed E-state index contributed by atoms with van der Waals surface area (Å²) in [4.78, 5) is 2.66. The molecular weight excluding hydrogens is 224 g/mol. The van der Waals surface area contributed by atoms with Crippen LogP contribution in [0.25, 0.3) is 0 Å². The lowest BCUT2D eigenvalue weighted by Crippen LogP contribution is -2.64. The highest BCUT2D eigenvalue weighted by atomic mass is 16.5. The summed E-state index contributed by atoms with van der Waals surface area (Å²) in [7, 11) is 1.86. The predicted octanol–water partition coefficient (Wildman–Crippen LogP) is 2.39. The van der Waals surface area contributed by atoms with Crippen molar-refractivity contribution >= 4 is 0 Å². The molecule has 3 heteroatoms. The van der Waals surface area contributed by atoms with Crippen LogP contribution in [0.4, 0.5) is 0 Å². The number of likely N-dealkylation sites (tertiary alicyclic amines) is 1. The molecule has 2 fully saturated rings. The summed E-state index contributed by atoms with van der Waals surface area (Å²) >= 11 is 0. The van der Waals surface area contributed by atoms with Crippen molar-refractivity contribution in [3.8, 4) is 0 Å². The van der Waals surface area contributed by atoms with Crippen molar-refractivity contribution in [3.63, 3.8) is 0 Å². The van der Waals surface area contributed by atoms with Crippen LogP contribution in [0.2, 0.25) is 0 Å². The lowest BCUT2D eigenvalue weighted by molar-refractivity contribution is -0.0855. The smallest absolute Gasteiger partial charge is 0.0767 e. The second-order valence-corrected chi connectivity index (χ2v) is 6.12. The van der Waals surface area contributed by atoms with Crippen LogP contribution in [-0.2, 0) is 4.74 Å². The van der Waals surface area contributed by atoms with Gasteiger partial charge in [-0.1, -0.05) is 26.2 Å². The van der Waals surface area contributed by atoms with E-state index in [1.165, 1.54) is 58.0 Å². The van der Waals surface area contributed by atoms with Crippen molar-refractivity contribution in [1.82, 2.24) is 4.90 Å². The molecule has 1 aliphatic heterocycles. The molecule has 106 valence electrons. The highest BCUT2D eigenvalue weighted by Crippen LogP contribution is 2.37. The first kappa shape index (κ1) is 14.3. The molecule has 0 aromatic heterocycles. The quantitative estimate of drug-likeness (QED) is 0.837. The Bertz CT molecular complexity index is 251. The van der Waals surface area contributed by atoms with Crippen molar-refractivity contribution in [2.45, 2.75) is 63.5 Å². The van der Waals surface area contributed by atoms with E-state index in [2.05, 4.69) is 11.8 Å². The van der Waals surface area contributed by atoms with Crippen LogP contribution in [0.1, 0.15) is 51.9 Å². The molecule has 1 saturated heterocycles. The second-order valence-electron chi connectivity index (χ2n) is 6.12. The average molecular weight is 254 g/mol. The summed E-state index contributed by atoms with van der Waals surface area (Å²) in [5.74, 6) is 0.931. The Labute approximate surface area is 112 Å². The standard InChI is InChI=1S/C15H30N2O/c1-3-13-7-10-17(11-8-13)15(12-16)9-5-4-6-14(15)18-2/h13-14H,3-12,16H2,1-2H3. The van der Waals surface area contributed by atoms with Gasteiger partial charge in [-0.25, -0.2) is 0 Å². The topological polar surface area (TPSA) is 38.5 Å². The van der Waals surface area contributed by atoms with Crippen molar-refractivity contribution in [1.29, 1.82) is 0 Å². The third kappa shape index (κ3) is 2.59. The molecule has 1 aliphatic carbocycles. The van der Waals surface area contributed by atoms with Crippen LogP contribution in [0.5, 0.6) is 0 Å². The van der Waals surface area contributed by atoms with E-state index in [-0.39, 0.29) is 5.54 Å². The highest BCUT2D eigenvalue weighted by Gasteiger charge is 2.45. The van der Waals surface area contributed by atoms with Crippen LogP contribution in [-0.4, -0.2) is 43.3 Å². The Morgan fingerprint density at radius 3 is 2.50 bits per heavy atom. The lowest BCUT2D eigenvalue weighted by Gasteiger charge is -2.52. The maximum Gasteiger partial charge on any atom is 0.0767 e.